The average Bonchev–Trinajstić information content (AvgIpc) is 2.79. The number of nitrogens with one attached hydrogen (secondary N) is 3. The molecule has 0 spiro atoms. The molecule has 1 amide bonds. The highest BCUT2D eigenvalue weighted by Crippen LogP contribution is 2.14. The van der Waals surface area contributed by atoms with Crippen molar-refractivity contribution in [2.75, 3.05) is 32.7 Å². The zero-order chi connectivity index (χ0) is 21.9. The summed E-state index contributed by atoms with van der Waals surface area (Å²) >= 11 is 0. The minimum absolute atomic E-state index is 0.147. The van der Waals surface area contributed by atoms with Crippen molar-refractivity contribution in [1.29, 1.82) is 0 Å². The molecular formula is C24H33N5O2. The van der Waals surface area contributed by atoms with E-state index in [1.807, 2.05) is 6.92 Å². The molecule has 0 radical (unpaired) electrons. The minimum Gasteiger partial charge on any atom is -0.508 e. The summed E-state index contributed by atoms with van der Waals surface area (Å²) in [6.45, 7) is 6.91. The number of guanidine groups is 1. The molecule has 1 heterocycles. The molecule has 0 bridgehead atoms. The standard InChI is InChI=1S/C24H33N5O2/c1-2-25-24(27-15-14-26-23(31)20-8-10-22(30)11-9-20)28-21-12-16-29(17-13-21)18-19-6-4-3-5-7-19/h3-11,21,30H,2,12-18H2,1H3,(H,26,31)(H2,25,27,28). The first kappa shape index (κ1) is 22.6. The largest absolute Gasteiger partial charge is 0.508 e. The monoisotopic (exact) mass is 423 g/mol. The molecule has 0 aliphatic carbocycles. The van der Waals surface area contributed by atoms with Crippen molar-refractivity contribution in [3.05, 3.63) is 65.7 Å². The quantitative estimate of drug-likeness (QED) is 0.297. The predicted molar refractivity (Wildman–Crippen MR) is 124 cm³/mol. The Morgan fingerprint density at radius 3 is 2.45 bits per heavy atom. The number of carbonyl (C=O) groups is 1. The number of phenols is 1. The van der Waals surface area contributed by atoms with E-state index in [-0.39, 0.29) is 11.7 Å². The third-order valence-electron chi connectivity index (χ3n) is 5.32. The molecule has 3 rings (SSSR count). The molecule has 0 unspecified atom stereocenters. The maximum absolute atomic E-state index is 12.1. The summed E-state index contributed by atoms with van der Waals surface area (Å²) in [6.07, 6.45) is 2.16. The molecule has 166 valence electrons. The molecule has 0 aromatic heterocycles. The van der Waals surface area contributed by atoms with Gasteiger partial charge in [0, 0.05) is 44.3 Å². The number of nitrogens with zero attached hydrogens (tertiary/aromatic N) is 2. The fraction of sp³-hybridized carbons (Fsp3) is 0.417. The van der Waals surface area contributed by atoms with Crippen molar-refractivity contribution in [1.82, 2.24) is 20.9 Å². The number of rotatable bonds is 8. The lowest BCUT2D eigenvalue weighted by Crippen LogP contribution is -2.48. The molecule has 4 N–H and O–H groups in total. The zero-order valence-corrected chi connectivity index (χ0v) is 18.2. The third-order valence-corrected chi connectivity index (χ3v) is 5.32. The first-order valence-electron chi connectivity index (χ1n) is 11.0. The van der Waals surface area contributed by atoms with Gasteiger partial charge in [0.05, 0.1) is 6.54 Å². The van der Waals surface area contributed by atoms with Crippen LogP contribution in [0.2, 0.25) is 0 Å². The van der Waals surface area contributed by atoms with Crippen LogP contribution >= 0.6 is 0 Å². The Hall–Kier alpha value is -3.06. The molecule has 0 atom stereocenters. The van der Waals surface area contributed by atoms with Gasteiger partial charge >= 0.3 is 0 Å². The summed E-state index contributed by atoms with van der Waals surface area (Å²) in [5, 5.41) is 19.0. The average molecular weight is 424 g/mol. The van der Waals surface area contributed by atoms with E-state index >= 15 is 0 Å². The Balaban J connectivity index is 1.40. The topological polar surface area (TPSA) is 89.0 Å². The second kappa shape index (κ2) is 12.0. The fourth-order valence-electron chi connectivity index (χ4n) is 3.64. The number of benzene rings is 2. The van der Waals surface area contributed by atoms with Crippen molar-refractivity contribution in [3.8, 4) is 5.75 Å². The lowest BCUT2D eigenvalue weighted by molar-refractivity contribution is 0.0955. The number of hydrogen-bond acceptors (Lipinski definition) is 4. The molecule has 1 aliphatic heterocycles. The van der Waals surface area contributed by atoms with Crippen LogP contribution in [0.4, 0.5) is 0 Å². The molecule has 7 heteroatoms. The van der Waals surface area contributed by atoms with E-state index in [1.165, 1.54) is 17.7 Å². The van der Waals surface area contributed by atoms with Gasteiger partial charge in [-0.05, 0) is 49.6 Å². The summed E-state index contributed by atoms with van der Waals surface area (Å²) in [6, 6.07) is 17.2. The highest BCUT2D eigenvalue weighted by atomic mass is 16.3. The number of aromatic hydroxyl groups is 1. The molecule has 0 saturated carbocycles. The maximum Gasteiger partial charge on any atom is 0.251 e. The molecular weight excluding hydrogens is 390 g/mol. The van der Waals surface area contributed by atoms with Crippen LogP contribution in [0.1, 0.15) is 35.7 Å². The van der Waals surface area contributed by atoms with Crippen molar-refractivity contribution < 1.29 is 9.90 Å². The maximum atomic E-state index is 12.1. The Morgan fingerprint density at radius 2 is 1.77 bits per heavy atom. The summed E-state index contributed by atoms with van der Waals surface area (Å²) in [5.74, 6) is 0.773. The molecule has 2 aromatic carbocycles. The van der Waals surface area contributed by atoms with Crippen molar-refractivity contribution in [3.63, 3.8) is 0 Å². The Morgan fingerprint density at radius 1 is 1.06 bits per heavy atom. The van der Waals surface area contributed by atoms with E-state index < -0.39 is 0 Å². The van der Waals surface area contributed by atoms with Crippen molar-refractivity contribution in [2.45, 2.75) is 32.4 Å². The number of piperidine rings is 1. The molecule has 1 saturated heterocycles. The summed E-state index contributed by atoms with van der Waals surface area (Å²) in [5.41, 5.74) is 1.88. The fourth-order valence-corrected chi connectivity index (χ4v) is 3.64. The lowest BCUT2D eigenvalue weighted by Gasteiger charge is -2.33. The van der Waals surface area contributed by atoms with Gasteiger partial charge in [-0.15, -0.1) is 0 Å². The summed E-state index contributed by atoms with van der Waals surface area (Å²) in [7, 11) is 0. The second-order valence-electron chi connectivity index (χ2n) is 7.74. The van der Waals surface area contributed by atoms with Gasteiger partial charge in [-0.25, -0.2) is 0 Å². The van der Waals surface area contributed by atoms with E-state index in [4.69, 9.17) is 0 Å². The Labute approximate surface area is 184 Å². The van der Waals surface area contributed by atoms with E-state index in [1.54, 1.807) is 12.1 Å². The van der Waals surface area contributed by atoms with Crippen LogP contribution in [0.5, 0.6) is 5.75 Å². The van der Waals surface area contributed by atoms with Crippen molar-refractivity contribution >= 4 is 11.9 Å². The summed E-state index contributed by atoms with van der Waals surface area (Å²) in [4.78, 5) is 19.2. The first-order chi connectivity index (χ1) is 15.1. The van der Waals surface area contributed by atoms with Gasteiger partial charge in [-0.2, -0.15) is 0 Å². The Bertz CT molecular complexity index is 831. The minimum atomic E-state index is -0.168. The van der Waals surface area contributed by atoms with Crippen molar-refractivity contribution in [2.24, 2.45) is 4.99 Å². The third kappa shape index (κ3) is 7.61. The van der Waals surface area contributed by atoms with Gasteiger partial charge in [0.25, 0.3) is 5.91 Å². The van der Waals surface area contributed by atoms with Crippen LogP contribution in [0.25, 0.3) is 0 Å². The van der Waals surface area contributed by atoms with Gasteiger partial charge in [0.15, 0.2) is 5.96 Å². The predicted octanol–water partition coefficient (Wildman–Crippen LogP) is 2.34. The highest BCUT2D eigenvalue weighted by Gasteiger charge is 2.20. The number of carbonyl (C=O) groups excluding carboxylic acids is 1. The normalized spacial score (nSPS) is 15.5. The molecule has 1 aliphatic rings. The molecule has 1 fully saturated rings. The molecule has 2 aromatic rings. The van der Waals surface area contributed by atoms with Crippen LogP contribution in [0.15, 0.2) is 59.6 Å². The smallest absolute Gasteiger partial charge is 0.251 e. The lowest BCUT2D eigenvalue weighted by atomic mass is 10.0. The first-order valence-corrected chi connectivity index (χ1v) is 11.0. The number of amides is 1. The van der Waals surface area contributed by atoms with E-state index in [2.05, 4.69) is 56.2 Å². The number of hydrogen-bond donors (Lipinski definition) is 4. The van der Waals surface area contributed by atoms with Crippen LogP contribution in [-0.4, -0.2) is 60.6 Å². The van der Waals surface area contributed by atoms with Gasteiger partial charge in [-0.3, -0.25) is 14.7 Å². The zero-order valence-electron chi connectivity index (χ0n) is 18.2. The SMILES string of the molecule is CCNC(=NCCNC(=O)c1ccc(O)cc1)NC1CCN(Cc2ccccc2)CC1. The van der Waals surface area contributed by atoms with E-state index in [0.717, 1.165) is 45.0 Å². The molecule has 31 heavy (non-hydrogen) atoms. The van der Waals surface area contributed by atoms with Crippen LogP contribution in [0.3, 0.4) is 0 Å². The number of phenolic OH excluding ortho intramolecular Hbond substituents is 1. The van der Waals surface area contributed by atoms with Gasteiger partial charge in [0.1, 0.15) is 5.75 Å². The van der Waals surface area contributed by atoms with Crippen LogP contribution in [-0.2, 0) is 6.54 Å². The van der Waals surface area contributed by atoms with E-state index in [0.29, 0.717) is 24.7 Å². The summed E-state index contributed by atoms with van der Waals surface area (Å²) < 4.78 is 0. The number of aliphatic imine (C=N–C) groups is 1. The van der Waals surface area contributed by atoms with Crippen LogP contribution in [0, 0.1) is 0 Å². The second-order valence-corrected chi connectivity index (χ2v) is 7.74. The molecule has 7 nitrogen and oxygen atoms in total. The Kier molecular flexibility index (Phi) is 8.72. The van der Waals surface area contributed by atoms with Gasteiger partial charge in [0.2, 0.25) is 0 Å². The number of likely N-dealkylation sites (tertiary alicyclic amines) is 1. The van der Waals surface area contributed by atoms with Gasteiger partial charge in [-0.1, -0.05) is 30.3 Å². The highest BCUT2D eigenvalue weighted by molar-refractivity contribution is 5.94. The van der Waals surface area contributed by atoms with Crippen LogP contribution < -0.4 is 16.0 Å². The van der Waals surface area contributed by atoms with E-state index in [9.17, 15) is 9.90 Å². The van der Waals surface area contributed by atoms with Gasteiger partial charge < -0.3 is 21.1 Å².